The first kappa shape index (κ1) is 15.1. The van der Waals surface area contributed by atoms with E-state index in [4.69, 9.17) is 4.74 Å². The quantitative estimate of drug-likeness (QED) is 0.820. The molecule has 116 valence electrons. The Morgan fingerprint density at radius 2 is 2.00 bits per heavy atom. The summed E-state index contributed by atoms with van der Waals surface area (Å²) in [5.74, 6) is -0.191. The fourth-order valence-electron chi connectivity index (χ4n) is 2.64. The molecule has 0 spiro atoms. The molecule has 3 nitrogen and oxygen atoms in total. The van der Waals surface area contributed by atoms with Crippen LogP contribution in [0.4, 0.5) is 4.39 Å². The van der Waals surface area contributed by atoms with Gasteiger partial charge in [-0.1, -0.05) is 24.3 Å². The Hall–Kier alpha value is -1.78. The molecule has 4 heteroatoms. The summed E-state index contributed by atoms with van der Waals surface area (Å²) in [6.45, 7) is 5.20. The highest BCUT2D eigenvalue weighted by atomic mass is 19.1. The van der Waals surface area contributed by atoms with Gasteiger partial charge in [0.1, 0.15) is 5.82 Å². The Morgan fingerprint density at radius 3 is 2.77 bits per heavy atom. The van der Waals surface area contributed by atoms with Gasteiger partial charge in [-0.15, -0.1) is 0 Å². The van der Waals surface area contributed by atoms with Crippen LogP contribution in [-0.4, -0.2) is 35.6 Å². The summed E-state index contributed by atoms with van der Waals surface area (Å²) in [7, 11) is 0. The normalized spacial score (nSPS) is 15.7. The Bertz CT molecular complexity index is 626. The fourth-order valence-corrected chi connectivity index (χ4v) is 2.64. The maximum Gasteiger partial charge on any atom is 0.128 e. The molecule has 0 amide bonds. The van der Waals surface area contributed by atoms with Crippen LogP contribution in [0.25, 0.3) is 0 Å². The Morgan fingerprint density at radius 1 is 1.18 bits per heavy atom. The maximum atomic E-state index is 13.5. The number of likely N-dealkylation sites (tertiary alicyclic amines) is 1. The van der Waals surface area contributed by atoms with Crippen LogP contribution in [-0.2, 0) is 17.8 Å². The van der Waals surface area contributed by atoms with Crippen molar-refractivity contribution in [3.8, 4) is 0 Å². The predicted molar refractivity (Wildman–Crippen MR) is 84.1 cm³/mol. The van der Waals surface area contributed by atoms with Crippen LogP contribution in [0, 0.1) is 12.7 Å². The smallest absolute Gasteiger partial charge is 0.128 e. The van der Waals surface area contributed by atoms with Crippen LogP contribution in [0.5, 0.6) is 0 Å². The fraction of sp³-hybridized carbons (Fsp3) is 0.389. The number of pyridine rings is 1. The summed E-state index contributed by atoms with van der Waals surface area (Å²) in [4.78, 5) is 6.85. The highest BCUT2D eigenvalue weighted by Gasteiger charge is 2.27. The second kappa shape index (κ2) is 6.99. The summed E-state index contributed by atoms with van der Waals surface area (Å²) in [6, 6.07) is 12.9. The standard InChI is InChI=1S/C18H21FN2O/c1-14-5-4-7-16(20-14)9-10-21-11-17(12-21)22-13-15-6-2-3-8-18(15)19/h2-8,17H,9-13H2,1H3. The lowest BCUT2D eigenvalue weighted by Crippen LogP contribution is -2.52. The molecule has 1 aliphatic heterocycles. The molecule has 1 aromatic heterocycles. The second-order valence-corrected chi connectivity index (χ2v) is 5.80. The first-order valence-electron chi connectivity index (χ1n) is 7.70. The Balaban J connectivity index is 1.37. The van der Waals surface area contributed by atoms with Gasteiger partial charge in [-0.2, -0.15) is 0 Å². The lowest BCUT2D eigenvalue weighted by atomic mass is 10.1. The number of hydrogen-bond acceptors (Lipinski definition) is 3. The zero-order valence-corrected chi connectivity index (χ0v) is 12.8. The molecule has 1 fully saturated rings. The van der Waals surface area contributed by atoms with E-state index in [0.29, 0.717) is 12.2 Å². The first-order chi connectivity index (χ1) is 10.7. The average molecular weight is 300 g/mol. The van der Waals surface area contributed by atoms with Crippen molar-refractivity contribution in [1.82, 2.24) is 9.88 Å². The van der Waals surface area contributed by atoms with Gasteiger partial charge in [-0.25, -0.2) is 4.39 Å². The van der Waals surface area contributed by atoms with E-state index in [2.05, 4.69) is 16.0 Å². The van der Waals surface area contributed by atoms with E-state index in [-0.39, 0.29) is 11.9 Å². The number of benzene rings is 1. The summed E-state index contributed by atoms with van der Waals surface area (Å²) < 4.78 is 19.2. The van der Waals surface area contributed by atoms with Gasteiger partial charge in [0.15, 0.2) is 0 Å². The van der Waals surface area contributed by atoms with Crippen LogP contribution in [0.1, 0.15) is 17.0 Å². The van der Waals surface area contributed by atoms with E-state index < -0.39 is 0 Å². The number of halogens is 1. The number of hydrogen-bond donors (Lipinski definition) is 0. The van der Waals surface area contributed by atoms with Gasteiger partial charge in [0.2, 0.25) is 0 Å². The number of aromatic nitrogens is 1. The van der Waals surface area contributed by atoms with Crippen LogP contribution in [0.2, 0.25) is 0 Å². The van der Waals surface area contributed by atoms with Crippen molar-refractivity contribution >= 4 is 0 Å². The van der Waals surface area contributed by atoms with Gasteiger partial charge >= 0.3 is 0 Å². The summed E-state index contributed by atoms with van der Waals surface area (Å²) in [6.07, 6.45) is 1.17. The molecule has 0 N–H and O–H groups in total. The van der Waals surface area contributed by atoms with Gasteiger partial charge in [0, 0.05) is 43.0 Å². The molecule has 1 saturated heterocycles. The molecule has 0 unspecified atom stereocenters. The van der Waals surface area contributed by atoms with Gasteiger partial charge in [-0.3, -0.25) is 9.88 Å². The molecule has 0 atom stereocenters. The zero-order valence-electron chi connectivity index (χ0n) is 12.8. The third-order valence-electron chi connectivity index (χ3n) is 3.99. The molecule has 1 aliphatic rings. The van der Waals surface area contributed by atoms with Crippen molar-refractivity contribution in [2.45, 2.75) is 26.1 Å². The lowest BCUT2D eigenvalue weighted by molar-refractivity contribution is -0.0626. The van der Waals surface area contributed by atoms with Gasteiger partial charge in [0.25, 0.3) is 0 Å². The van der Waals surface area contributed by atoms with Crippen molar-refractivity contribution in [1.29, 1.82) is 0 Å². The van der Waals surface area contributed by atoms with Crippen molar-refractivity contribution in [3.63, 3.8) is 0 Å². The highest BCUT2D eigenvalue weighted by Crippen LogP contribution is 2.16. The monoisotopic (exact) mass is 300 g/mol. The number of ether oxygens (including phenoxy) is 1. The maximum absolute atomic E-state index is 13.5. The number of aryl methyl sites for hydroxylation is 1. The van der Waals surface area contributed by atoms with Crippen LogP contribution >= 0.6 is 0 Å². The lowest BCUT2D eigenvalue weighted by Gasteiger charge is -2.38. The van der Waals surface area contributed by atoms with E-state index in [1.165, 1.54) is 6.07 Å². The van der Waals surface area contributed by atoms with Gasteiger partial charge in [-0.05, 0) is 25.1 Å². The van der Waals surface area contributed by atoms with E-state index in [1.807, 2.05) is 25.1 Å². The Kier molecular flexibility index (Phi) is 4.80. The predicted octanol–water partition coefficient (Wildman–Crippen LogP) is 2.97. The number of rotatable bonds is 6. The van der Waals surface area contributed by atoms with Gasteiger partial charge in [0.05, 0.1) is 12.7 Å². The molecule has 2 aromatic rings. The van der Waals surface area contributed by atoms with Crippen LogP contribution < -0.4 is 0 Å². The topological polar surface area (TPSA) is 25.4 Å². The molecule has 0 saturated carbocycles. The van der Waals surface area contributed by atoms with E-state index in [1.54, 1.807) is 12.1 Å². The second-order valence-electron chi connectivity index (χ2n) is 5.80. The molecule has 0 bridgehead atoms. The summed E-state index contributed by atoms with van der Waals surface area (Å²) in [5, 5.41) is 0. The molecular formula is C18H21FN2O. The van der Waals surface area contributed by atoms with Crippen molar-refractivity contribution in [3.05, 3.63) is 65.2 Å². The SMILES string of the molecule is Cc1cccc(CCN2CC(OCc3ccccc3F)C2)n1. The van der Waals surface area contributed by atoms with Crippen molar-refractivity contribution < 1.29 is 9.13 Å². The Labute approximate surface area is 130 Å². The van der Waals surface area contributed by atoms with E-state index in [9.17, 15) is 4.39 Å². The number of nitrogens with zero attached hydrogens (tertiary/aromatic N) is 2. The average Bonchev–Trinajstić information content (AvgIpc) is 2.47. The van der Waals surface area contributed by atoms with Crippen LogP contribution in [0.3, 0.4) is 0 Å². The molecule has 2 heterocycles. The molecular weight excluding hydrogens is 279 g/mol. The summed E-state index contributed by atoms with van der Waals surface area (Å²) in [5.41, 5.74) is 2.83. The third-order valence-corrected chi connectivity index (χ3v) is 3.99. The zero-order chi connectivity index (χ0) is 15.4. The van der Waals surface area contributed by atoms with Crippen LogP contribution in [0.15, 0.2) is 42.5 Å². The molecule has 22 heavy (non-hydrogen) atoms. The minimum atomic E-state index is -0.191. The van der Waals surface area contributed by atoms with E-state index >= 15 is 0 Å². The molecule has 0 aliphatic carbocycles. The summed E-state index contributed by atoms with van der Waals surface area (Å²) >= 11 is 0. The molecule has 1 aromatic carbocycles. The molecule has 0 radical (unpaired) electrons. The minimum absolute atomic E-state index is 0.191. The van der Waals surface area contributed by atoms with Crippen molar-refractivity contribution in [2.24, 2.45) is 0 Å². The van der Waals surface area contributed by atoms with Crippen molar-refractivity contribution in [2.75, 3.05) is 19.6 Å². The highest BCUT2D eigenvalue weighted by molar-refractivity contribution is 5.16. The van der Waals surface area contributed by atoms with Gasteiger partial charge < -0.3 is 4.74 Å². The minimum Gasteiger partial charge on any atom is -0.371 e. The molecule has 3 rings (SSSR count). The third kappa shape index (κ3) is 3.90. The largest absolute Gasteiger partial charge is 0.371 e. The first-order valence-corrected chi connectivity index (χ1v) is 7.70. The van der Waals surface area contributed by atoms with E-state index in [0.717, 1.165) is 37.4 Å².